The Balaban J connectivity index is 0.00000272. The summed E-state index contributed by atoms with van der Waals surface area (Å²) >= 11 is 0. The Hall–Kier alpha value is -1.16. The monoisotopic (exact) mass is 543 g/mol. The van der Waals surface area contributed by atoms with Crippen LogP contribution in [-0.4, -0.2) is 72.9 Å². The molecular weight excluding hydrogens is 505 g/mol. The Morgan fingerprint density at radius 2 is 1.81 bits per heavy atom. The molecule has 2 N–H and O–H groups in total. The molecule has 1 saturated carbocycles. The third-order valence-electron chi connectivity index (χ3n) is 7.35. The van der Waals surface area contributed by atoms with Crippen LogP contribution in [0.5, 0.6) is 0 Å². The van der Waals surface area contributed by atoms with E-state index in [2.05, 4.69) is 46.5 Å². The van der Waals surface area contributed by atoms with Crippen molar-refractivity contribution in [1.82, 2.24) is 20.4 Å². The van der Waals surface area contributed by atoms with E-state index in [1.807, 2.05) is 0 Å². The SMILES string of the molecule is CCNC(=NCCCN1C(=O)C2C3C=CC(C3)C2C1=O)NCCN1CCCCC1C.I. The zero-order valence-corrected chi connectivity index (χ0v) is 21.2. The van der Waals surface area contributed by atoms with Gasteiger partial charge in [-0.25, -0.2) is 0 Å². The Bertz CT molecular complexity index is 682. The number of nitrogens with zero attached hydrogens (tertiary/aromatic N) is 3. The van der Waals surface area contributed by atoms with Crippen LogP contribution in [0.4, 0.5) is 0 Å². The first-order valence-electron chi connectivity index (χ1n) is 11.9. The van der Waals surface area contributed by atoms with E-state index in [9.17, 15) is 9.59 Å². The minimum Gasteiger partial charge on any atom is -0.357 e. The molecule has 5 unspecified atom stereocenters. The number of fused-ring (bicyclic) bond motifs is 5. The number of guanidine groups is 1. The van der Waals surface area contributed by atoms with Crippen LogP contribution in [0.2, 0.25) is 0 Å². The zero-order chi connectivity index (χ0) is 21.1. The van der Waals surface area contributed by atoms with Crippen molar-refractivity contribution in [2.24, 2.45) is 28.7 Å². The van der Waals surface area contributed by atoms with Gasteiger partial charge >= 0.3 is 0 Å². The van der Waals surface area contributed by atoms with E-state index in [1.165, 1.54) is 30.7 Å². The molecule has 0 aromatic heterocycles. The summed E-state index contributed by atoms with van der Waals surface area (Å²) in [6.07, 6.45) is 9.91. The van der Waals surface area contributed by atoms with Crippen molar-refractivity contribution >= 4 is 41.8 Å². The largest absolute Gasteiger partial charge is 0.357 e. The minimum absolute atomic E-state index is 0. The zero-order valence-electron chi connectivity index (χ0n) is 18.9. The number of allylic oxidation sites excluding steroid dienone is 2. The van der Waals surface area contributed by atoms with Gasteiger partial charge in [-0.1, -0.05) is 18.6 Å². The topological polar surface area (TPSA) is 77.0 Å². The first kappa shape index (κ1) is 24.5. The molecule has 2 amide bonds. The van der Waals surface area contributed by atoms with Crippen molar-refractivity contribution < 1.29 is 9.59 Å². The van der Waals surface area contributed by atoms with E-state index < -0.39 is 0 Å². The minimum atomic E-state index is -0.0906. The number of amides is 2. The van der Waals surface area contributed by atoms with Crippen LogP contribution in [0.1, 0.15) is 46.0 Å². The summed E-state index contributed by atoms with van der Waals surface area (Å²) in [4.78, 5) is 34.2. The first-order chi connectivity index (χ1) is 14.6. The highest BCUT2D eigenvalue weighted by Gasteiger charge is 2.58. The molecule has 8 heteroatoms. The van der Waals surface area contributed by atoms with E-state index in [-0.39, 0.29) is 59.5 Å². The number of hydrogen-bond donors (Lipinski definition) is 2. The fourth-order valence-corrected chi connectivity index (χ4v) is 5.75. The van der Waals surface area contributed by atoms with E-state index >= 15 is 0 Å². The Labute approximate surface area is 203 Å². The molecule has 0 aromatic rings. The van der Waals surface area contributed by atoms with Crippen LogP contribution in [0, 0.1) is 23.7 Å². The summed E-state index contributed by atoms with van der Waals surface area (Å²) in [6.45, 7) is 9.37. The lowest BCUT2D eigenvalue weighted by Crippen LogP contribution is -2.45. The summed E-state index contributed by atoms with van der Waals surface area (Å²) in [5.74, 6) is 1.30. The average Bonchev–Trinajstić information content (AvgIpc) is 3.41. The van der Waals surface area contributed by atoms with Crippen LogP contribution in [0.25, 0.3) is 0 Å². The Kier molecular flexibility index (Phi) is 8.78. The molecular formula is C23H38IN5O2. The summed E-state index contributed by atoms with van der Waals surface area (Å²) in [6, 6.07) is 0.667. The highest BCUT2D eigenvalue weighted by molar-refractivity contribution is 14.0. The van der Waals surface area contributed by atoms with Gasteiger partial charge in [0.2, 0.25) is 11.8 Å². The first-order valence-corrected chi connectivity index (χ1v) is 11.9. The average molecular weight is 543 g/mol. The number of likely N-dealkylation sites (tertiary alicyclic amines) is 2. The van der Waals surface area contributed by atoms with Crippen molar-refractivity contribution in [3.05, 3.63) is 12.2 Å². The van der Waals surface area contributed by atoms with Gasteiger partial charge < -0.3 is 10.6 Å². The molecule has 4 rings (SSSR count). The van der Waals surface area contributed by atoms with Crippen molar-refractivity contribution in [3.8, 4) is 0 Å². The molecule has 31 heavy (non-hydrogen) atoms. The quantitative estimate of drug-likeness (QED) is 0.123. The lowest BCUT2D eigenvalue weighted by atomic mass is 9.85. The van der Waals surface area contributed by atoms with E-state index in [1.54, 1.807) is 0 Å². The highest BCUT2D eigenvalue weighted by Crippen LogP contribution is 2.52. The number of carbonyl (C=O) groups excluding carboxylic acids is 2. The predicted molar refractivity (Wildman–Crippen MR) is 133 cm³/mol. The molecule has 4 aliphatic rings. The number of carbonyl (C=O) groups is 2. The van der Waals surface area contributed by atoms with Gasteiger partial charge in [0.25, 0.3) is 0 Å². The fourth-order valence-electron chi connectivity index (χ4n) is 5.75. The summed E-state index contributed by atoms with van der Waals surface area (Å²) in [5.41, 5.74) is 0. The molecule has 7 nitrogen and oxygen atoms in total. The predicted octanol–water partition coefficient (Wildman–Crippen LogP) is 2.23. The van der Waals surface area contributed by atoms with Crippen molar-refractivity contribution in [1.29, 1.82) is 0 Å². The number of imide groups is 1. The van der Waals surface area contributed by atoms with Crippen LogP contribution in [-0.2, 0) is 9.59 Å². The maximum absolute atomic E-state index is 12.7. The van der Waals surface area contributed by atoms with E-state index in [0.717, 1.165) is 32.0 Å². The summed E-state index contributed by atoms with van der Waals surface area (Å²) in [5, 5.41) is 6.72. The third-order valence-corrected chi connectivity index (χ3v) is 7.35. The van der Waals surface area contributed by atoms with Crippen LogP contribution < -0.4 is 10.6 Å². The molecule has 2 aliphatic carbocycles. The van der Waals surface area contributed by atoms with Crippen LogP contribution >= 0.6 is 24.0 Å². The number of hydrogen-bond acceptors (Lipinski definition) is 4. The molecule has 3 fully saturated rings. The van der Waals surface area contributed by atoms with Gasteiger partial charge in [-0.15, -0.1) is 24.0 Å². The molecule has 2 aliphatic heterocycles. The smallest absolute Gasteiger partial charge is 0.233 e. The molecule has 0 spiro atoms. The number of aliphatic imine (C=N–C) groups is 1. The molecule has 174 valence electrons. The van der Waals surface area contributed by atoms with Crippen LogP contribution in [0.3, 0.4) is 0 Å². The normalized spacial score (nSPS) is 32.4. The van der Waals surface area contributed by atoms with Gasteiger partial charge in [-0.2, -0.15) is 0 Å². The maximum atomic E-state index is 12.7. The van der Waals surface area contributed by atoms with Gasteiger partial charge in [0.15, 0.2) is 5.96 Å². The summed E-state index contributed by atoms with van der Waals surface area (Å²) < 4.78 is 0. The van der Waals surface area contributed by atoms with Gasteiger partial charge in [0.1, 0.15) is 0 Å². The maximum Gasteiger partial charge on any atom is 0.233 e. The van der Waals surface area contributed by atoms with Crippen molar-refractivity contribution in [3.63, 3.8) is 0 Å². The fraction of sp³-hybridized carbons (Fsp3) is 0.783. The highest BCUT2D eigenvalue weighted by atomic mass is 127. The molecule has 0 aromatic carbocycles. The Morgan fingerprint density at radius 3 is 2.45 bits per heavy atom. The molecule has 0 radical (unpaired) electrons. The molecule has 2 heterocycles. The summed E-state index contributed by atoms with van der Waals surface area (Å²) in [7, 11) is 0. The van der Waals surface area contributed by atoms with Crippen molar-refractivity contribution in [2.45, 2.75) is 52.0 Å². The van der Waals surface area contributed by atoms with Crippen molar-refractivity contribution in [2.75, 3.05) is 39.3 Å². The van der Waals surface area contributed by atoms with Crippen LogP contribution in [0.15, 0.2) is 17.1 Å². The Morgan fingerprint density at radius 1 is 1.10 bits per heavy atom. The second kappa shape index (κ2) is 11.1. The standard InChI is InChI=1S/C23H37N5O2.HI/c1-3-24-23(26-11-14-27-12-5-4-7-16(27)2)25-10-6-13-28-21(29)19-17-8-9-18(15-17)20(19)22(28)30;/h8-9,16-20H,3-7,10-15H2,1-2H3,(H2,24,25,26);1H. The molecule has 2 saturated heterocycles. The molecule has 5 atom stereocenters. The second-order valence-corrected chi connectivity index (χ2v) is 9.25. The van der Waals surface area contributed by atoms with Gasteiger partial charge in [0, 0.05) is 38.8 Å². The lowest BCUT2D eigenvalue weighted by Gasteiger charge is -2.33. The lowest BCUT2D eigenvalue weighted by molar-refractivity contribution is -0.140. The van der Waals surface area contributed by atoms with E-state index in [4.69, 9.17) is 0 Å². The van der Waals surface area contributed by atoms with Gasteiger partial charge in [-0.3, -0.25) is 24.4 Å². The number of halogens is 1. The van der Waals surface area contributed by atoms with Gasteiger partial charge in [-0.05, 0) is 57.9 Å². The van der Waals surface area contributed by atoms with Gasteiger partial charge in [0.05, 0.1) is 11.8 Å². The molecule has 2 bridgehead atoms. The number of piperidine rings is 1. The number of nitrogens with one attached hydrogen (secondary N) is 2. The number of rotatable bonds is 8. The van der Waals surface area contributed by atoms with E-state index in [0.29, 0.717) is 25.6 Å². The second-order valence-electron chi connectivity index (χ2n) is 9.25. The third kappa shape index (κ3) is 5.26.